The molecule has 10 heteroatoms. The number of carbonyl (C=O) groups is 1. The third-order valence-electron chi connectivity index (χ3n) is 5.69. The van der Waals surface area contributed by atoms with Gasteiger partial charge in [0.15, 0.2) is 0 Å². The minimum Gasteiger partial charge on any atom is -0.494 e. The zero-order chi connectivity index (χ0) is 23.4. The van der Waals surface area contributed by atoms with E-state index in [4.69, 9.17) is 4.74 Å². The number of likely N-dealkylation sites (N-methyl/N-ethyl adjacent to an activating group) is 1. The van der Waals surface area contributed by atoms with Gasteiger partial charge < -0.3 is 29.5 Å². The number of carboxylic acids is 1. The van der Waals surface area contributed by atoms with E-state index in [0.29, 0.717) is 28.8 Å². The number of ether oxygens (including phenoxy) is 1. The molecule has 2 aromatic heterocycles. The van der Waals surface area contributed by atoms with Crippen LogP contribution in [0.4, 0.5) is 21.7 Å². The van der Waals surface area contributed by atoms with Gasteiger partial charge in [-0.15, -0.1) is 0 Å². The summed E-state index contributed by atoms with van der Waals surface area (Å²) < 4.78 is 20.1. The van der Waals surface area contributed by atoms with Gasteiger partial charge >= 0.3 is 5.97 Å². The van der Waals surface area contributed by atoms with Gasteiger partial charge in [-0.05, 0) is 31.3 Å². The second-order valence-electron chi connectivity index (χ2n) is 7.87. The second-order valence-corrected chi connectivity index (χ2v) is 7.87. The maximum atomic E-state index is 13.0. The number of piperazine rings is 1. The molecule has 0 bridgehead atoms. The van der Waals surface area contributed by atoms with Crippen LogP contribution in [0.25, 0.3) is 11.4 Å². The van der Waals surface area contributed by atoms with Crippen molar-refractivity contribution in [2.45, 2.75) is 6.54 Å². The van der Waals surface area contributed by atoms with E-state index >= 15 is 0 Å². The van der Waals surface area contributed by atoms with Gasteiger partial charge in [-0.25, -0.2) is 19.2 Å². The summed E-state index contributed by atoms with van der Waals surface area (Å²) in [5.41, 5.74) is 2.87. The molecule has 1 aliphatic rings. The molecule has 2 N–H and O–H groups in total. The molecule has 1 fully saturated rings. The van der Waals surface area contributed by atoms with Crippen LogP contribution in [0.3, 0.4) is 0 Å². The summed E-state index contributed by atoms with van der Waals surface area (Å²) in [5.74, 6) is -0.0936. The number of nitrogens with zero attached hydrogens (tertiary/aromatic N) is 5. The van der Waals surface area contributed by atoms with Crippen molar-refractivity contribution in [1.82, 2.24) is 19.4 Å². The third kappa shape index (κ3) is 5.06. The number of rotatable bonds is 8. The zero-order valence-corrected chi connectivity index (χ0v) is 18.7. The fraction of sp³-hybridized carbons (Fsp3) is 0.348. The van der Waals surface area contributed by atoms with Gasteiger partial charge in [-0.1, -0.05) is 0 Å². The number of benzene rings is 1. The van der Waals surface area contributed by atoms with Gasteiger partial charge in [-0.3, -0.25) is 0 Å². The van der Waals surface area contributed by atoms with E-state index in [1.165, 1.54) is 12.3 Å². The number of anilines is 3. The van der Waals surface area contributed by atoms with Crippen LogP contribution in [0.2, 0.25) is 0 Å². The maximum Gasteiger partial charge on any atom is 0.337 e. The maximum absolute atomic E-state index is 13.0. The molecule has 1 aliphatic heterocycles. The number of nitrogens with one attached hydrogen (secondary N) is 1. The molecule has 0 spiro atoms. The van der Waals surface area contributed by atoms with Crippen molar-refractivity contribution in [3.05, 3.63) is 48.3 Å². The predicted molar refractivity (Wildman–Crippen MR) is 124 cm³/mol. The van der Waals surface area contributed by atoms with E-state index in [2.05, 4.69) is 32.1 Å². The van der Waals surface area contributed by atoms with Gasteiger partial charge in [0.25, 0.3) is 0 Å². The number of hydrogen-bond donors (Lipinski definition) is 2. The van der Waals surface area contributed by atoms with Crippen molar-refractivity contribution in [3.63, 3.8) is 0 Å². The first-order valence-corrected chi connectivity index (χ1v) is 10.7. The molecule has 0 amide bonds. The summed E-state index contributed by atoms with van der Waals surface area (Å²) in [6.07, 6.45) is 2.98. The van der Waals surface area contributed by atoms with Crippen LogP contribution >= 0.6 is 0 Å². The van der Waals surface area contributed by atoms with Gasteiger partial charge in [0, 0.05) is 50.3 Å². The predicted octanol–water partition coefficient (Wildman–Crippen LogP) is 3.12. The van der Waals surface area contributed by atoms with E-state index in [-0.39, 0.29) is 12.1 Å². The Balaban J connectivity index is 1.58. The van der Waals surface area contributed by atoms with Crippen LogP contribution < -0.4 is 15.0 Å². The Kier molecular flexibility index (Phi) is 6.74. The van der Waals surface area contributed by atoms with E-state index in [1.54, 1.807) is 23.9 Å². The molecule has 0 unspecified atom stereocenters. The van der Waals surface area contributed by atoms with Gasteiger partial charge in [0.05, 0.1) is 36.3 Å². The normalized spacial score (nSPS) is 14.3. The minimum atomic E-state index is -1.08. The zero-order valence-electron chi connectivity index (χ0n) is 18.7. The van der Waals surface area contributed by atoms with Crippen molar-refractivity contribution >= 4 is 23.3 Å². The smallest absolute Gasteiger partial charge is 0.337 e. The number of aromatic carboxylic acids is 1. The molecule has 0 radical (unpaired) electrons. The molecule has 3 heterocycles. The molecule has 33 heavy (non-hydrogen) atoms. The van der Waals surface area contributed by atoms with Crippen LogP contribution in [0.15, 0.2) is 42.7 Å². The molecule has 4 rings (SSSR count). The van der Waals surface area contributed by atoms with Crippen molar-refractivity contribution in [2.24, 2.45) is 0 Å². The first kappa shape index (κ1) is 22.5. The van der Waals surface area contributed by atoms with E-state index < -0.39 is 12.6 Å². The molecule has 3 aromatic rings. The topological polar surface area (TPSA) is 95.8 Å². The Labute approximate surface area is 191 Å². The highest BCUT2D eigenvalue weighted by Gasteiger charge is 2.17. The number of carboxylic acid groups (broad SMARTS) is 1. The summed E-state index contributed by atoms with van der Waals surface area (Å²) in [6.45, 7) is 3.35. The largest absolute Gasteiger partial charge is 0.494 e. The molecular formula is C23H27FN6O3. The van der Waals surface area contributed by atoms with Gasteiger partial charge in [-0.2, -0.15) is 0 Å². The molecule has 0 aliphatic carbocycles. The lowest BCUT2D eigenvalue weighted by Gasteiger charge is -2.34. The molecule has 1 aromatic carbocycles. The first-order valence-electron chi connectivity index (χ1n) is 10.7. The lowest BCUT2D eigenvalue weighted by molar-refractivity contribution is 0.0696. The number of aryl methyl sites for hydroxylation is 1. The molecule has 0 saturated carbocycles. The van der Waals surface area contributed by atoms with Crippen molar-refractivity contribution in [1.29, 1.82) is 0 Å². The van der Waals surface area contributed by atoms with E-state index in [1.807, 2.05) is 18.2 Å². The summed E-state index contributed by atoms with van der Waals surface area (Å²) in [6, 6.07) is 9.09. The quantitative estimate of drug-likeness (QED) is 0.536. The Bertz CT molecular complexity index is 1130. The fourth-order valence-corrected chi connectivity index (χ4v) is 3.85. The van der Waals surface area contributed by atoms with Crippen LogP contribution in [0.5, 0.6) is 5.75 Å². The van der Waals surface area contributed by atoms with Gasteiger partial charge in [0.1, 0.15) is 12.4 Å². The first-order chi connectivity index (χ1) is 16.0. The van der Waals surface area contributed by atoms with Gasteiger partial charge in [0.2, 0.25) is 5.95 Å². The number of aromatic nitrogens is 3. The number of hydrogen-bond acceptors (Lipinski definition) is 7. The van der Waals surface area contributed by atoms with Crippen LogP contribution in [0.1, 0.15) is 10.4 Å². The summed E-state index contributed by atoms with van der Waals surface area (Å²) in [7, 11) is 3.73. The SMILES string of the molecule is COc1cc(N2CCN(C)CC2)ccc1Nc1nccc(-c2cc(C(=O)O)cn2CCF)n1. The summed E-state index contributed by atoms with van der Waals surface area (Å²) >= 11 is 0. The second kappa shape index (κ2) is 9.86. The standard InChI is InChI=1S/C23H27FN6O3/c1-28-9-11-29(12-10-28)17-3-4-19(21(14-17)33-2)27-23-25-7-5-18(26-23)20-13-16(22(31)32)15-30(20)8-6-24/h3-5,7,13-15H,6,8-12H2,1-2H3,(H,31,32)(H,25,26,27). The molecule has 0 atom stereocenters. The minimum absolute atomic E-state index is 0.0386. The molecule has 9 nitrogen and oxygen atoms in total. The average Bonchev–Trinajstić information content (AvgIpc) is 3.25. The lowest BCUT2D eigenvalue weighted by Crippen LogP contribution is -2.44. The highest BCUT2D eigenvalue weighted by molar-refractivity contribution is 5.89. The summed E-state index contributed by atoms with van der Waals surface area (Å²) in [5, 5.41) is 12.5. The van der Waals surface area contributed by atoms with Crippen molar-refractivity contribution < 1.29 is 19.0 Å². The Morgan fingerprint density at radius 1 is 1.21 bits per heavy atom. The molecular weight excluding hydrogens is 427 g/mol. The number of methoxy groups -OCH3 is 1. The van der Waals surface area contributed by atoms with E-state index in [9.17, 15) is 14.3 Å². The molecule has 1 saturated heterocycles. The number of alkyl halides is 1. The van der Waals surface area contributed by atoms with Crippen LogP contribution in [-0.2, 0) is 6.54 Å². The molecule has 174 valence electrons. The third-order valence-corrected chi connectivity index (χ3v) is 5.69. The highest BCUT2D eigenvalue weighted by atomic mass is 19.1. The lowest BCUT2D eigenvalue weighted by atomic mass is 10.2. The fourth-order valence-electron chi connectivity index (χ4n) is 3.85. The summed E-state index contributed by atoms with van der Waals surface area (Å²) in [4.78, 5) is 24.8. The number of halogens is 1. The highest BCUT2D eigenvalue weighted by Crippen LogP contribution is 2.32. The Morgan fingerprint density at radius 3 is 2.70 bits per heavy atom. The Hall–Kier alpha value is -3.66. The van der Waals surface area contributed by atoms with Crippen LogP contribution in [0, 0.1) is 0 Å². The average molecular weight is 455 g/mol. The van der Waals surface area contributed by atoms with Crippen molar-refractivity contribution in [3.8, 4) is 17.1 Å². The van der Waals surface area contributed by atoms with Crippen LogP contribution in [-0.4, -0.2) is 77.5 Å². The monoisotopic (exact) mass is 454 g/mol. The Morgan fingerprint density at radius 2 is 2.00 bits per heavy atom. The van der Waals surface area contributed by atoms with E-state index in [0.717, 1.165) is 31.9 Å². The van der Waals surface area contributed by atoms with Crippen molar-refractivity contribution in [2.75, 3.05) is 57.2 Å².